The van der Waals surface area contributed by atoms with E-state index >= 15 is 0 Å². The van der Waals surface area contributed by atoms with Crippen LogP contribution in [0.5, 0.6) is 0 Å². The lowest BCUT2D eigenvalue weighted by Crippen LogP contribution is -2.00. The van der Waals surface area contributed by atoms with E-state index in [4.69, 9.17) is 10.3 Å². The number of nitrogens with zero attached hydrogens (tertiary/aromatic N) is 1. The molecular weight excluding hydrogens is 254 g/mol. The van der Waals surface area contributed by atoms with Gasteiger partial charge in [0.1, 0.15) is 0 Å². The summed E-state index contributed by atoms with van der Waals surface area (Å²) in [4.78, 5) is 10.9. The number of hydrogen-bond donors (Lipinski definition) is 2. The van der Waals surface area contributed by atoms with Crippen molar-refractivity contribution in [3.63, 3.8) is 0 Å². The summed E-state index contributed by atoms with van der Waals surface area (Å²) in [5, 5.41) is 21.5. The SMILES string of the molecule is CCCCC1=C(c2ccc(C(=O)O)cc2)C(=NO)CC1. The molecule has 0 bridgehead atoms. The first-order valence-corrected chi connectivity index (χ1v) is 6.94. The van der Waals surface area contributed by atoms with E-state index in [2.05, 4.69) is 12.1 Å². The molecule has 0 amide bonds. The van der Waals surface area contributed by atoms with Gasteiger partial charge in [0.2, 0.25) is 0 Å². The van der Waals surface area contributed by atoms with Crippen LogP contribution in [-0.4, -0.2) is 22.0 Å². The first kappa shape index (κ1) is 14.3. The molecule has 0 unspecified atom stereocenters. The number of hydrogen-bond acceptors (Lipinski definition) is 3. The molecule has 0 fully saturated rings. The summed E-state index contributed by atoms with van der Waals surface area (Å²) in [5.41, 5.74) is 4.22. The first-order chi connectivity index (χ1) is 9.67. The third-order valence-electron chi connectivity index (χ3n) is 3.68. The van der Waals surface area contributed by atoms with Crippen molar-refractivity contribution in [2.24, 2.45) is 5.16 Å². The number of aromatic carboxylic acids is 1. The molecule has 0 spiro atoms. The van der Waals surface area contributed by atoms with Gasteiger partial charge in [-0.3, -0.25) is 0 Å². The predicted molar refractivity (Wildman–Crippen MR) is 78.3 cm³/mol. The van der Waals surface area contributed by atoms with Gasteiger partial charge >= 0.3 is 5.97 Å². The molecule has 2 N–H and O–H groups in total. The fourth-order valence-corrected chi connectivity index (χ4v) is 2.61. The zero-order valence-electron chi connectivity index (χ0n) is 11.6. The van der Waals surface area contributed by atoms with Crippen molar-refractivity contribution in [2.45, 2.75) is 39.0 Å². The Hall–Kier alpha value is -2.10. The van der Waals surface area contributed by atoms with Crippen LogP contribution in [0, 0.1) is 0 Å². The molecule has 1 aliphatic rings. The van der Waals surface area contributed by atoms with Gasteiger partial charge in [0, 0.05) is 5.57 Å². The average molecular weight is 273 g/mol. The predicted octanol–water partition coefficient (Wildman–Crippen LogP) is 3.95. The van der Waals surface area contributed by atoms with Gasteiger partial charge in [0.05, 0.1) is 11.3 Å². The summed E-state index contributed by atoms with van der Waals surface area (Å²) >= 11 is 0. The highest BCUT2D eigenvalue weighted by Crippen LogP contribution is 2.34. The topological polar surface area (TPSA) is 69.9 Å². The van der Waals surface area contributed by atoms with Gasteiger partial charge in [-0.2, -0.15) is 0 Å². The van der Waals surface area contributed by atoms with Crippen LogP contribution < -0.4 is 0 Å². The van der Waals surface area contributed by atoms with Crippen LogP contribution in [0.3, 0.4) is 0 Å². The Morgan fingerprint density at radius 3 is 2.50 bits per heavy atom. The number of carboxylic acid groups (broad SMARTS) is 1. The van der Waals surface area contributed by atoms with Crippen molar-refractivity contribution in [2.75, 3.05) is 0 Å². The Morgan fingerprint density at radius 2 is 1.95 bits per heavy atom. The zero-order valence-corrected chi connectivity index (χ0v) is 11.6. The number of carboxylic acids is 1. The summed E-state index contributed by atoms with van der Waals surface area (Å²) in [6, 6.07) is 6.77. The molecule has 1 aromatic carbocycles. The molecular formula is C16H19NO3. The van der Waals surface area contributed by atoms with Crippen LogP contribution in [0.15, 0.2) is 35.0 Å². The summed E-state index contributed by atoms with van der Waals surface area (Å²) in [6.45, 7) is 2.15. The normalized spacial score (nSPS) is 16.9. The van der Waals surface area contributed by atoms with E-state index in [0.717, 1.165) is 43.2 Å². The molecule has 0 radical (unpaired) electrons. The Kier molecular flexibility index (Phi) is 4.56. The van der Waals surface area contributed by atoms with E-state index in [-0.39, 0.29) is 5.56 Å². The Morgan fingerprint density at radius 1 is 1.25 bits per heavy atom. The van der Waals surface area contributed by atoms with Crippen LogP contribution >= 0.6 is 0 Å². The highest BCUT2D eigenvalue weighted by molar-refractivity contribution is 6.26. The lowest BCUT2D eigenvalue weighted by atomic mass is 9.97. The second-order valence-electron chi connectivity index (χ2n) is 5.01. The summed E-state index contributed by atoms with van der Waals surface area (Å²) in [5.74, 6) is -0.931. The lowest BCUT2D eigenvalue weighted by molar-refractivity contribution is 0.0697. The molecule has 0 heterocycles. The molecule has 1 aliphatic carbocycles. The summed E-state index contributed by atoms with van der Waals surface area (Å²) in [7, 11) is 0. The van der Waals surface area contributed by atoms with Gasteiger partial charge in [-0.25, -0.2) is 4.79 Å². The van der Waals surface area contributed by atoms with E-state index in [1.807, 2.05) is 0 Å². The van der Waals surface area contributed by atoms with Crippen LogP contribution in [0.2, 0.25) is 0 Å². The maximum atomic E-state index is 10.9. The van der Waals surface area contributed by atoms with E-state index < -0.39 is 5.97 Å². The molecule has 2 rings (SSSR count). The van der Waals surface area contributed by atoms with Gasteiger partial charge in [-0.15, -0.1) is 0 Å². The van der Waals surface area contributed by atoms with Gasteiger partial charge < -0.3 is 10.3 Å². The fraction of sp³-hybridized carbons (Fsp3) is 0.375. The van der Waals surface area contributed by atoms with Crippen molar-refractivity contribution < 1.29 is 15.1 Å². The molecule has 0 saturated heterocycles. The van der Waals surface area contributed by atoms with E-state index in [0.29, 0.717) is 5.71 Å². The van der Waals surface area contributed by atoms with E-state index in [9.17, 15) is 4.79 Å². The van der Waals surface area contributed by atoms with Gasteiger partial charge in [0.15, 0.2) is 0 Å². The molecule has 0 aromatic heterocycles. The van der Waals surface area contributed by atoms with Gasteiger partial charge in [-0.05, 0) is 43.4 Å². The molecule has 106 valence electrons. The highest BCUT2D eigenvalue weighted by atomic mass is 16.4. The average Bonchev–Trinajstić information content (AvgIpc) is 2.88. The molecule has 20 heavy (non-hydrogen) atoms. The molecule has 4 nitrogen and oxygen atoms in total. The maximum absolute atomic E-state index is 10.9. The summed E-state index contributed by atoms with van der Waals surface area (Å²) < 4.78 is 0. The molecule has 0 aliphatic heterocycles. The third-order valence-corrected chi connectivity index (χ3v) is 3.68. The maximum Gasteiger partial charge on any atom is 0.335 e. The van der Waals surface area contributed by atoms with Crippen LogP contribution in [0.1, 0.15) is 54.9 Å². The number of carbonyl (C=O) groups is 1. The van der Waals surface area contributed by atoms with Gasteiger partial charge in [-0.1, -0.05) is 36.2 Å². The second kappa shape index (κ2) is 6.37. The number of benzene rings is 1. The number of oxime groups is 1. The van der Waals surface area contributed by atoms with Crippen molar-refractivity contribution in [1.29, 1.82) is 0 Å². The van der Waals surface area contributed by atoms with Crippen LogP contribution in [-0.2, 0) is 0 Å². The standard InChI is InChI=1S/C16H19NO3/c1-2-3-4-11-9-10-14(17-20)15(11)12-5-7-13(8-6-12)16(18)19/h5-8,20H,2-4,9-10H2,1H3,(H,18,19). The zero-order chi connectivity index (χ0) is 14.5. The number of unbranched alkanes of at least 4 members (excludes halogenated alkanes) is 1. The molecule has 1 aromatic rings. The van der Waals surface area contributed by atoms with Crippen LogP contribution in [0.25, 0.3) is 5.57 Å². The minimum Gasteiger partial charge on any atom is -0.478 e. The number of allylic oxidation sites excluding steroid dienone is 2. The van der Waals surface area contributed by atoms with Crippen molar-refractivity contribution >= 4 is 17.3 Å². The van der Waals surface area contributed by atoms with Crippen LogP contribution in [0.4, 0.5) is 0 Å². The Labute approximate surface area is 118 Å². The molecule has 4 heteroatoms. The second-order valence-corrected chi connectivity index (χ2v) is 5.01. The smallest absolute Gasteiger partial charge is 0.335 e. The largest absolute Gasteiger partial charge is 0.478 e. The van der Waals surface area contributed by atoms with Gasteiger partial charge in [0.25, 0.3) is 0 Å². The van der Waals surface area contributed by atoms with Crippen molar-refractivity contribution in [3.8, 4) is 0 Å². The van der Waals surface area contributed by atoms with E-state index in [1.165, 1.54) is 5.57 Å². The minimum absolute atomic E-state index is 0.268. The molecule has 0 saturated carbocycles. The Bertz CT molecular complexity index is 556. The first-order valence-electron chi connectivity index (χ1n) is 6.94. The lowest BCUT2D eigenvalue weighted by Gasteiger charge is -2.08. The highest BCUT2D eigenvalue weighted by Gasteiger charge is 2.22. The summed E-state index contributed by atoms with van der Waals surface area (Å²) in [6.07, 6.45) is 4.93. The van der Waals surface area contributed by atoms with Crippen molar-refractivity contribution in [3.05, 3.63) is 41.0 Å². The Balaban J connectivity index is 2.36. The quantitative estimate of drug-likeness (QED) is 0.630. The monoisotopic (exact) mass is 273 g/mol. The minimum atomic E-state index is -0.931. The van der Waals surface area contributed by atoms with Crippen molar-refractivity contribution in [1.82, 2.24) is 0 Å². The number of rotatable bonds is 5. The third kappa shape index (κ3) is 2.90. The van der Waals surface area contributed by atoms with E-state index in [1.54, 1.807) is 24.3 Å². The fourth-order valence-electron chi connectivity index (χ4n) is 2.61. The molecule has 0 atom stereocenters.